The lowest BCUT2D eigenvalue weighted by Crippen LogP contribution is -2.19. The van der Waals surface area contributed by atoms with Crippen LogP contribution >= 0.6 is 0 Å². The van der Waals surface area contributed by atoms with Crippen molar-refractivity contribution in [3.63, 3.8) is 0 Å². The van der Waals surface area contributed by atoms with Gasteiger partial charge in [0.15, 0.2) is 0 Å². The number of nitrogens with one attached hydrogen (secondary N) is 1. The van der Waals surface area contributed by atoms with Crippen LogP contribution in [0.4, 0.5) is 11.4 Å². The average Bonchev–Trinajstić information content (AvgIpc) is 2.84. The SMILES string of the molecule is O=C(Cn1cc([N+](=O)[O-])c(C(=O)O)n1)Nc1ccccc1. The van der Waals surface area contributed by atoms with Gasteiger partial charge in [-0.2, -0.15) is 5.10 Å². The number of carboxylic acid groups (broad SMARTS) is 1. The lowest BCUT2D eigenvalue weighted by atomic mass is 10.3. The number of aromatic carboxylic acids is 1. The van der Waals surface area contributed by atoms with E-state index in [9.17, 15) is 19.7 Å². The number of carbonyl (C=O) groups is 2. The summed E-state index contributed by atoms with van der Waals surface area (Å²) in [5, 5.41) is 25.6. The van der Waals surface area contributed by atoms with Gasteiger partial charge in [-0.1, -0.05) is 18.2 Å². The summed E-state index contributed by atoms with van der Waals surface area (Å²) in [5.41, 5.74) is -0.801. The zero-order valence-corrected chi connectivity index (χ0v) is 10.6. The highest BCUT2D eigenvalue weighted by Gasteiger charge is 2.25. The monoisotopic (exact) mass is 290 g/mol. The fourth-order valence-electron chi connectivity index (χ4n) is 1.65. The first-order valence-electron chi connectivity index (χ1n) is 5.77. The highest BCUT2D eigenvalue weighted by Crippen LogP contribution is 2.16. The normalized spacial score (nSPS) is 10.1. The molecule has 0 aliphatic carbocycles. The number of hydrogen-bond acceptors (Lipinski definition) is 5. The van der Waals surface area contributed by atoms with Crippen molar-refractivity contribution in [2.45, 2.75) is 6.54 Å². The van der Waals surface area contributed by atoms with E-state index in [1.165, 1.54) is 0 Å². The lowest BCUT2D eigenvalue weighted by molar-refractivity contribution is -0.385. The zero-order chi connectivity index (χ0) is 15.4. The van der Waals surface area contributed by atoms with Gasteiger partial charge in [-0.05, 0) is 12.1 Å². The Morgan fingerprint density at radius 1 is 1.33 bits per heavy atom. The number of carbonyl (C=O) groups excluding carboxylic acids is 1. The van der Waals surface area contributed by atoms with Crippen LogP contribution in [0.3, 0.4) is 0 Å². The van der Waals surface area contributed by atoms with Crippen molar-refractivity contribution in [3.8, 4) is 0 Å². The van der Waals surface area contributed by atoms with E-state index in [1.807, 2.05) is 0 Å². The molecule has 9 heteroatoms. The number of nitro groups is 1. The number of hydrogen-bond donors (Lipinski definition) is 2. The van der Waals surface area contributed by atoms with Gasteiger partial charge in [0.2, 0.25) is 11.6 Å². The summed E-state index contributed by atoms with van der Waals surface area (Å²) >= 11 is 0. The molecule has 0 aliphatic rings. The maximum absolute atomic E-state index is 11.8. The minimum atomic E-state index is -1.52. The molecule has 1 aromatic carbocycles. The van der Waals surface area contributed by atoms with Crippen LogP contribution in [0.2, 0.25) is 0 Å². The number of amides is 1. The van der Waals surface area contributed by atoms with E-state index < -0.39 is 28.2 Å². The van der Waals surface area contributed by atoms with Gasteiger partial charge in [0.1, 0.15) is 12.7 Å². The minimum Gasteiger partial charge on any atom is -0.476 e. The quantitative estimate of drug-likeness (QED) is 0.627. The molecule has 2 rings (SSSR count). The molecular weight excluding hydrogens is 280 g/mol. The molecule has 0 unspecified atom stereocenters. The topological polar surface area (TPSA) is 127 Å². The van der Waals surface area contributed by atoms with E-state index >= 15 is 0 Å². The smallest absolute Gasteiger partial charge is 0.363 e. The number of aromatic nitrogens is 2. The van der Waals surface area contributed by atoms with Gasteiger partial charge >= 0.3 is 11.7 Å². The molecule has 0 radical (unpaired) electrons. The predicted octanol–water partition coefficient (Wildman–Crippen LogP) is 1.13. The lowest BCUT2D eigenvalue weighted by Gasteiger charge is -2.04. The minimum absolute atomic E-state index is 0.330. The van der Waals surface area contributed by atoms with Gasteiger partial charge in [0.05, 0.1) is 4.92 Å². The Labute approximate surface area is 118 Å². The van der Waals surface area contributed by atoms with Crippen LogP contribution < -0.4 is 5.32 Å². The van der Waals surface area contributed by atoms with Crippen LogP contribution in [0.15, 0.2) is 36.5 Å². The molecule has 2 aromatic rings. The van der Waals surface area contributed by atoms with Gasteiger partial charge in [0, 0.05) is 5.69 Å². The summed E-state index contributed by atoms with van der Waals surface area (Å²) in [4.78, 5) is 32.4. The molecule has 108 valence electrons. The van der Waals surface area contributed by atoms with Crippen LogP contribution in [0.1, 0.15) is 10.5 Å². The molecule has 2 N–H and O–H groups in total. The first-order valence-corrected chi connectivity index (χ1v) is 5.77. The molecule has 0 aliphatic heterocycles. The van der Waals surface area contributed by atoms with Crippen molar-refractivity contribution in [1.82, 2.24) is 9.78 Å². The van der Waals surface area contributed by atoms with Crippen molar-refractivity contribution in [2.75, 3.05) is 5.32 Å². The maximum atomic E-state index is 11.8. The molecule has 0 saturated heterocycles. The molecule has 0 bridgehead atoms. The van der Waals surface area contributed by atoms with Crippen molar-refractivity contribution in [1.29, 1.82) is 0 Å². The Balaban J connectivity index is 2.13. The summed E-state index contributed by atoms with van der Waals surface area (Å²) in [5.74, 6) is -2.00. The second-order valence-electron chi connectivity index (χ2n) is 4.04. The van der Waals surface area contributed by atoms with Crippen LogP contribution in [0, 0.1) is 10.1 Å². The standard InChI is InChI=1S/C12H10N4O5/c17-10(13-8-4-2-1-3-5-8)7-15-6-9(16(20)21)11(14-15)12(18)19/h1-6H,7H2,(H,13,17)(H,18,19). The Morgan fingerprint density at radius 3 is 2.52 bits per heavy atom. The summed E-state index contributed by atoms with van der Waals surface area (Å²) in [7, 11) is 0. The van der Waals surface area contributed by atoms with Gasteiger partial charge in [-0.25, -0.2) is 4.79 Å². The third-order valence-electron chi connectivity index (χ3n) is 2.50. The molecule has 1 aromatic heterocycles. The molecule has 0 spiro atoms. The van der Waals surface area contributed by atoms with Crippen LogP contribution in [0.25, 0.3) is 0 Å². The summed E-state index contributed by atoms with van der Waals surface area (Å²) in [6, 6.07) is 8.59. The van der Waals surface area contributed by atoms with E-state index in [4.69, 9.17) is 5.11 Å². The molecule has 1 amide bonds. The van der Waals surface area contributed by atoms with Crippen LogP contribution in [0.5, 0.6) is 0 Å². The fraction of sp³-hybridized carbons (Fsp3) is 0.0833. The molecule has 21 heavy (non-hydrogen) atoms. The first kappa shape index (κ1) is 14.2. The van der Waals surface area contributed by atoms with Crippen molar-refractivity contribution in [2.24, 2.45) is 0 Å². The number of para-hydroxylation sites is 1. The summed E-state index contributed by atoms with van der Waals surface area (Å²) < 4.78 is 0.917. The zero-order valence-electron chi connectivity index (χ0n) is 10.6. The van der Waals surface area contributed by atoms with E-state index in [2.05, 4.69) is 10.4 Å². The Hall–Kier alpha value is -3.23. The van der Waals surface area contributed by atoms with Crippen molar-refractivity contribution in [3.05, 3.63) is 52.3 Å². The third-order valence-corrected chi connectivity index (χ3v) is 2.50. The van der Waals surface area contributed by atoms with Crippen LogP contribution in [-0.4, -0.2) is 31.7 Å². The maximum Gasteiger partial charge on any atom is 0.363 e. The number of nitrogens with zero attached hydrogens (tertiary/aromatic N) is 3. The molecule has 1 heterocycles. The second kappa shape index (κ2) is 5.82. The van der Waals surface area contributed by atoms with Crippen molar-refractivity contribution >= 4 is 23.3 Å². The van der Waals surface area contributed by atoms with Crippen molar-refractivity contribution < 1.29 is 19.6 Å². The summed E-state index contributed by atoms with van der Waals surface area (Å²) in [6.45, 7) is -0.330. The van der Waals surface area contributed by atoms with E-state index in [0.717, 1.165) is 10.9 Å². The first-order chi connectivity index (χ1) is 9.97. The number of benzene rings is 1. The molecule has 9 nitrogen and oxygen atoms in total. The highest BCUT2D eigenvalue weighted by molar-refractivity contribution is 5.91. The van der Waals surface area contributed by atoms with Gasteiger partial charge < -0.3 is 10.4 Å². The van der Waals surface area contributed by atoms with Gasteiger partial charge in [0.25, 0.3) is 0 Å². The van der Waals surface area contributed by atoms with Gasteiger partial charge in [-0.15, -0.1) is 0 Å². The van der Waals surface area contributed by atoms with E-state index in [1.54, 1.807) is 30.3 Å². The fourth-order valence-corrected chi connectivity index (χ4v) is 1.65. The second-order valence-corrected chi connectivity index (χ2v) is 4.04. The Bertz CT molecular complexity index is 663. The Kier molecular flexibility index (Phi) is 3.93. The molecule has 0 atom stereocenters. The summed E-state index contributed by atoms with van der Waals surface area (Å²) in [6.07, 6.45) is 0.911. The molecular formula is C12H10N4O5. The third kappa shape index (κ3) is 3.41. The number of anilines is 1. The number of rotatable bonds is 5. The average molecular weight is 290 g/mol. The molecule has 0 saturated carbocycles. The Morgan fingerprint density at radius 2 is 2.00 bits per heavy atom. The van der Waals surface area contributed by atoms with Gasteiger partial charge in [-0.3, -0.25) is 19.6 Å². The largest absolute Gasteiger partial charge is 0.476 e. The van der Waals surface area contributed by atoms with E-state index in [-0.39, 0.29) is 6.54 Å². The highest BCUT2D eigenvalue weighted by atomic mass is 16.6. The predicted molar refractivity (Wildman–Crippen MR) is 70.9 cm³/mol. The van der Waals surface area contributed by atoms with E-state index in [0.29, 0.717) is 5.69 Å². The molecule has 0 fully saturated rings. The number of carboxylic acids is 1. The van der Waals surface area contributed by atoms with Crippen LogP contribution in [-0.2, 0) is 11.3 Å².